The Morgan fingerprint density at radius 3 is 2.96 bits per heavy atom. The second kappa shape index (κ2) is 5.73. The zero-order valence-electron chi connectivity index (χ0n) is 15.3. The second-order valence-corrected chi connectivity index (χ2v) is 7.95. The van der Waals surface area contributed by atoms with E-state index in [0.29, 0.717) is 18.8 Å². The predicted octanol–water partition coefficient (Wildman–Crippen LogP) is 1.22. The molecule has 4 aliphatic heterocycles. The number of carbonyl (C=O) groups is 2. The Balaban J connectivity index is 1.38. The van der Waals surface area contributed by atoms with E-state index in [9.17, 15) is 9.59 Å². The molecule has 4 heterocycles. The summed E-state index contributed by atoms with van der Waals surface area (Å²) in [6.45, 7) is 4.97. The van der Waals surface area contributed by atoms with E-state index in [1.54, 1.807) is 4.90 Å². The van der Waals surface area contributed by atoms with Gasteiger partial charge in [0.15, 0.2) is 11.5 Å². The summed E-state index contributed by atoms with van der Waals surface area (Å²) in [5.41, 5.74) is 0.280. The molecule has 1 aromatic rings. The van der Waals surface area contributed by atoms with Crippen molar-refractivity contribution in [3.8, 4) is 11.5 Å². The molecule has 0 aliphatic carbocycles. The topological polar surface area (TPSA) is 77.1 Å². The minimum Gasteiger partial charge on any atom is -0.454 e. The van der Waals surface area contributed by atoms with Crippen LogP contribution >= 0.6 is 0 Å². The molecule has 7 nitrogen and oxygen atoms in total. The Kier molecular flexibility index (Phi) is 3.53. The van der Waals surface area contributed by atoms with Gasteiger partial charge in [0.2, 0.25) is 18.6 Å². The van der Waals surface area contributed by atoms with Gasteiger partial charge >= 0.3 is 0 Å². The van der Waals surface area contributed by atoms with Crippen molar-refractivity contribution in [2.24, 2.45) is 11.8 Å². The molecule has 2 amide bonds. The van der Waals surface area contributed by atoms with Crippen LogP contribution in [-0.4, -0.2) is 47.8 Å². The third-order valence-corrected chi connectivity index (χ3v) is 5.72. The highest BCUT2D eigenvalue weighted by atomic mass is 16.7. The van der Waals surface area contributed by atoms with Gasteiger partial charge in [0.1, 0.15) is 5.60 Å². The number of nitrogens with zero attached hydrogens (tertiary/aromatic N) is 1. The summed E-state index contributed by atoms with van der Waals surface area (Å²) < 4.78 is 16.9. The monoisotopic (exact) mass is 370 g/mol. The molecule has 0 aromatic heterocycles. The van der Waals surface area contributed by atoms with Gasteiger partial charge in [-0.1, -0.05) is 18.2 Å². The predicted molar refractivity (Wildman–Crippen MR) is 95.0 cm³/mol. The van der Waals surface area contributed by atoms with E-state index in [0.717, 1.165) is 11.3 Å². The van der Waals surface area contributed by atoms with Gasteiger partial charge in [0.05, 0.1) is 24.5 Å². The molecule has 27 heavy (non-hydrogen) atoms. The first-order valence-electron chi connectivity index (χ1n) is 9.32. The van der Waals surface area contributed by atoms with Gasteiger partial charge in [-0.05, 0) is 31.5 Å². The van der Waals surface area contributed by atoms with Crippen molar-refractivity contribution in [3.63, 3.8) is 0 Å². The van der Waals surface area contributed by atoms with Crippen LogP contribution in [0.25, 0.3) is 0 Å². The molecule has 1 aromatic carbocycles. The molecule has 3 unspecified atom stereocenters. The number of benzene rings is 1. The Morgan fingerprint density at radius 1 is 1.33 bits per heavy atom. The van der Waals surface area contributed by atoms with Crippen LogP contribution in [0.3, 0.4) is 0 Å². The van der Waals surface area contributed by atoms with Gasteiger partial charge in [0.25, 0.3) is 0 Å². The van der Waals surface area contributed by atoms with E-state index in [2.05, 4.69) is 5.32 Å². The first-order valence-corrected chi connectivity index (χ1v) is 9.32. The van der Waals surface area contributed by atoms with Gasteiger partial charge in [-0.25, -0.2) is 0 Å². The highest BCUT2D eigenvalue weighted by molar-refractivity contribution is 5.93. The number of rotatable bonds is 4. The van der Waals surface area contributed by atoms with Crippen molar-refractivity contribution in [3.05, 3.63) is 35.9 Å². The van der Waals surface area contributed by atoms with Crippen LogP contribution in [0.15, 0.2) is 30.4 Å². The lowest BCUT2D eigenvalue weighted by atomic mass is 9.76. The third-order valence-electron chi connectivity index (χ3n) is 5.72. The third kappa shape index (κ3) is 2.45. The fourth-order valence-corrected chi connectivity index (χ4v) is 4.65. The van der Waals surface area contributed by atoms with Crippen molar-refractivity contribution in [1.29, 1.82) is 0 Å². The lowest BCUT2D eigenvalue weighted by Crippen LogP contribution is -2.45. The summed E-state index contributed by atoms with van der Waals surface area (Å²) in [5.74, 6) is 0.362. The fraction of sp³-hybridized carbons (Fsp3) is 0.500. The number of fused-ring (bicyclic) bond motifs is 2. The molecule has 5 rings (SSSR count). The maximum Gasteiger partial charge on any atom is 0.231 e. The molecule has 2 saturated heterocycles. The first-order chi connectivity index (χ1) is 13.0. The zero-order valence-corrected chi connectivity index (χ0v) is 15.3. The number of hydrogen-bond acceptors (Lipinski definition) is 5. The standard InChI is InChI=1S/C20H22N2O5/c1-11(2)21-18(23)16-14-5-6-20(27-14)9-22(19(24)17(16)20)8-12-3-4-13-15(7-12)26-10-25-13/h3-7,11,14,16-17H,8-10H2,1-2H3,(H,21,23)/t14?,16?,17?,20-/m0/s1. The van der Waals surface area contributed by atoms with Gasteiger partial charge < -0.3 is 24.4 Å². The number of amides is 2. The zero-order chi connectivity index (χ0) is 18.8. The van der Waals surface area contributed by atoms with Crippen LogP contribution in [0.4, 0.5) is 0 Å². The maximum absolute atomic E-state index is 13.2. The molecule has 0 saturated carbocycles. The van der Waals surface area contributed by atoms with Crippen molar-refractivity contribution < 1.29 is 23.8 Å². The number of ether oxygens (including phenoxy) is 3. The Bertz CT molecular complexity index is 851. The van der Waals surface area contributed by atoms with Gasteiger partial charge in [-0.3, -0.25) is 9.59 Å². The van der Waals surface area contributed by atoms with Crippen LogP contribution < -0.4 is 14.8 Å². The van der Waals surface area contributed by atoms with E-state index in [1.165, 1.54) is 0 Å². The summed E-state index contributed by atoms with van der Waals surface area (Å²) in [6, 6.07) is 5.72. The van der Waals surface area contributed by atoms with E-state index in [1.807, 2.05) is 44.2 Å². The summed E-state index contributed by atoms with van der Waals surface area (Å²) in [7, 11) is 0. The lowest BCUT2D eigenvalue weighted by Gasteiger charge is -2.24. The average molecular weight is 370 g/mol. The molecular weight excluding hydrogens is 348 g/mol. The van der Waals surface area contributed by atoms with Gasteiger partial charge in [0, 0.05) is 12.6 Å². The highest BCUT2D eigenvalue weighted by Gasteiger charge is 2.66. The molecule has 4 atom stereocenters. The van der Waals surface area contributed by atoms with E-state index < -0.39 is 17.4 Å². The van der Waals surface area contributed by atoms with E-state index in [4.69, 9.17) is 14.2 Å². The van der Waals surface area contributed by atoms with Crippen molar-refractivity contribution in [2.45, 2.75) is 38.1 Å². The molecule has 1 spiro atoms. The molecule has 1 N–H and O–H groups in total. The number of hydrogen-bond donors (Lipinski definition) is 1. The molecule has 2 bridgehead atoms. The quantitative estimate of drug-likeness (QED) is 0.807. The molecule has 0 radical (unpaired) electrons. The van der Waals surface area contributed by atoms with E-state index in [-0.39, 0.29) is 30.8 Å². The van der Waals surface area contributed by atoms with Crippen LogP contribution in [0.2, 0.25) is 0 Å². The minimum atomic E-state index is -0.683. The largest absolute Gasteiger partial charge is 0.454 e. The van der Waals surface area contributed by atoms with Crippen LogP contribution in [-0.2, 0) is 20.9 Å². The Morgan fingerprint density at radius 2 is 2.15 bits per heavy atom. The Hall–Kier alpha value is -2.54. The molecule has 7 heteroatoms. The first kappa shape index (κ1) is 16.6. The maximum atomic E-state index is 13.2. The van der Waals surface area contributed by atoms with Gasteiger partial charge in [-0.2, -0.15) is 0 Å². The molecule has 2 fully saturated rings. The number of nitrogens with one attached hydrogen (secondary N) is 1. The summed E-state index contributed by atoms with van der Waals surface area (Å²) in [6.07, 6.45) is 3.59. The smallest absolute Gasteiger partial charge is 0.231 e. The molecule has 4 aliphatic rings. The minimum absolute atomic E-state index is 0.0246. The van der Waals surface area contributed by atoms with Crippen molar-refractivity contribution in [1.82, 2.24) is 10.2 Å². The molecule has 142 valence electrons. The summed E-state index contributed by atoms with van der Waals surface area (Å²) >= 11 is 0. The van der Waals surface area contributed by atoms with Crippen LogP contribution in [0.1, 0.15) is 19.4 Å². The van der Waals surface area contributed by atoms with Crippen molar-refractivity contribution in [2.75, 3.05) is 13.3 Å². The van der Waals surface area contributed by atoms with Crippen LogP contribution in [0.5, 0.6) is 11.5 Å². The average Bonchev–Trinajstić information content (AvgIpc) is 3.35. The summed E-state index contributed by atoms with van der Waals surface area (Å²) in [5, 5.41) is 2.94. The van der Waals surface area contributed by atoms with Crippen LogP contribution in [0, 0.1) is 11.8 Å². The normalized spacial score (nSPS) is 32.5. The Labute approximate surface area is 157 Å². The molecular formula is C20H22N2O5. The second-order valence-electron chi connectivity index (χ2n) is 7.95. The number of likely N-dealkylation sites (tertiary alicyclic amines) is 1. The fourth-order valence-electron chi connectivity index (χ4n) is 4.65. The lowest BCUT2D eigenvalue weighted by molar-refractivity contribution is -0.138. The SMILES string of the molecule is CC(C)NC(=O)C1C2C=C[C@@]3(CN(Cc4ccc5c(c4)OCO5)C(=O)C13)O2. The summed E-state index contributed by atoms with van der Waals surface area (Å²) in [4.78, 5) is 27.7. The highest BCUT2D eigenvalue weighted by Crippen LogP contribution is 2.52. The van der Waals surface area contributed by atoms with Crippen molar-refractivity contribution >= 4 is 11.8 Å². The van der Waals surface area contributed by atoms with Gasteiger partial charge in [-0.15, -0.1) is 0 Å². The van der Waals surface area contributed by atoms with E-state index >= 15 is 0 Å². The number of carbonyl (C=O) groups excluding carboxylic acids is 2.